The van der Waals surface area contributed by atoms with Crippen molar-refractivity contribution in [2.24, 2.45) is 11.3 Å². The van der Waals surface area contributed by atoms with Crippen LogP contribution in [-0.4, -0.2) is 36.9 Å². The Kier molecular flexibility index (Phi) is 6.67. The quantitative estimate of drug-likeness (QED) is 0.815. The molecule has 21 heavy (non-hydrogen) atoms. The zero-order chi connectivity index (χ0) is 15.9. The van der Waals surface area contributed by atoms with Gasteiger partial charge in [0.25, 0.3) is 0 Å². The van der Waals surface area contributed by atoms with E-state index in [0.29, 0.717) is 38.8 Å². The summed E-state index contributed by atoms with van der Waals surface area (Å²) < 4.78 is 0. The van der Waals surface area contributed by atoms with Gasteiger partial charge in [0.15, 0.2) is 0 Å². The lowest BCUT2D eigenvalue weighted by Gasteiger charge is -2.36. The van der Waals surface area contributed by atoms with Gasteiger partial charge < -0.3 is 10.2 Å². The molecule has 1 aliphatic heterocycles. The van der Waals surface area contributed by atoms with Gasteiger partial charge in [-0.05, 0) is 25.7 Å². The van der Waals surface area contributed by atoms with Gasteiger partial charge in [0.2, 0.25) is 11.8 Å². The van der Waals surface area contributed by atoms with Crippen LogP contribution < -0.4 is 5.32 Å². The molecule has 0 aromatic carbocycles. The van der Waals surface area contributed by atoms with Crippen LogP contribution in [0.2, 0.25) is 0 Å². The van der Waals surface area contributed by atoms with Crippen molar-refractivity contribution in [2.45, 2.75) is 52.4 Å². The van der Waals surface area contributed by atoms with Crippen LogP contribution in [0.4, 0.5) is 0 Å². The van der Waals surface area contributed by atoms with Crippen LogP contribution in [0.5, 0.6) is 0 Å². The minimum absolute atomic E-state index is 0.00659. The third-order valence-electron chi connectivity index (χ3n) is 4.38. The SMILES string of the molecule is CCCC(C#N)(CCC)C(=O)N1CCC(C(=O)NC)CC1. The first-order valence-electron chi connectivity index (χ1n) is 7.96. The van der Waals surface area contributed by atoms with Gasteiger partial charge >= 0.3 is 0 Å². The van der Waals surface area contributed by atoms with E-state index in [-0.39, 0.29) is 17.7 Å². The van der Waals surface area contributed by atoms with Crippen LogP contribution in [-0.2, 0) is 9.59 Å². The van der Waals surface area contributed by atoms with E-state index in [4.69, 9.17) is 0 Å². The third-order valence-corrected chi connectivity index (χ3v) is 4.38. The minimum atomic E-state index is -0.872. The molecule has 1 heterocycles. The molecule has 0 radical (unpaired) electrons. The lowest BCUT2D eigenvalue weighted by molar-refractivity contribution is -0.143. The van der Waals surface area contributed by atoms with E-state index >= 15 is 0 Å². The average Bonchev–Trinajstić information content (AvgIpc) is 2.53. The van der Waals surface area contributed by atoms with Gasteiger partial charge in [0.05, 0.1) is 6.07 Å². The Hall–Kier alpha value is -1.57. The summed E-state index contributed by atoms with van der Waals surface area (Å²) in [5.74, 6) is 0.00713. The Morgan fingerprint density at radius 1 is 1.24 bits per heavy atom. The smallest absolute Gasteiger partial charge is 0.243 e. The fraction of sp³-hybridized carbons (Fsp3) is 0.812. The summed E-state index contributed by atoms with van der Waals surface area (Å²) in [6.07, 6.45) is 4.26. The molecule has 1 rings (SSSR count). The van der Waals surface area contributed by atoms with Gasteiger partial charge in [-0.25, -0.2) is 0 Å². The van der Waals surface area contributed by atoms with Gasteiger partial charge in [0.1, 0.15) is 5.41 Å². The van der Waals surface area contributed by atoms with E-state index in [1.165, 1.54) is 0 Å². The number of amides is 2. The number of carbonyl (C=O) groups is 2. The molecule has 0 spiro atoms. The van der Waals surface area contributed by atoms with Crippen molar-refractivity contribution < 1.29 is 9.59 Å². The molecular formula is C16H27N3O2. The Bertz CT molecular complexity index is 400. The highest BCUT2D eigenvalue weighted by atomic mass is 16.2. The summed E-state index contributed by atoms with van der Waals surface area (Å²) in [4.78, 5) is 26.2. The molecule has 0 unspecified atom stereocenters. The van der Waals surface area contributed by atoms with Gasteiger partial charge in [-0.3, -0.25) is 9.59 Å². The summed E-state index contributed by atoms with van der Waals surface area (Å²) in [7, 11) is 1.64. The van der Waals surface area contributed by atoms with Gasteiger partial charge in [-0.15, -0.1) is 0 Å². The Morgan fingerprint density at radius 3 is 2.14 bits per heavy atom. The van der Waals surface area contributed by atoms with Crippen LogP contribution in [0.25, 0.3) is 0 Å². The summed E-state index contributed by atoms with van der Waals surface area (Å²) in [6, 6.07) is 2.29. The predicted octanol–water partition coefficient (Wildman–Crippen LogP) is 2.08. The Balaban J connectivity index is 2.74. The monoisotopic (exact) mass is 293 g/mol. The predicted molar refractivity (Wildman–Crippen MR) is 81.2 cm³/mol. The number of rotatable bonds is 6. The van der Waals surface area contributed by atoms with Crippen molar-refractivity contribution in [1.29, 1.82) is 5.26 Å². The molecule has 0 aromatic rings. The number of likely N-dealkylation sites (tertiary alicyclic amines) is 1. The average molecular weight is 293 g/mol. The maximum atomic E-state index is 12.8. The van der Waals surface area contributed by atoms with E-state index in [0.717, 1.165) is 12.8 Å². The summed E-state index contributed by atoms with van der Waals surface area (Å²) >= 11 is 0. The highest BCUT2D eigenvalue weighted by Gasteiger charge is 2.41. The molecule has 1 fully saturated rings. The van der Waals surface area contributed by atoms with E-state index in [2.05, 4.69) is 11.4 Å². The van der Waals surface area contributed by atoms with Crippen LogP contribution in [0.1, 0.15) is 52.4 Å². The first-order chi connectivity index (χ1) is 10.0. The molecule has 2 amide bonds. The third kappa shape index (κ3) is 3.96. The second kappa shape index (κ2) is 8.02. The van der Waals surface area contributed by atoms with Gasteiger partial charge in [0, 0.05) is 26.1 Å². The molecule has 1 N–H and O–H groups in total. The molecule has 1 saturated heterocycles. The molecule has 5 heteroatoms. The molecule has 0 atom stereocenters. The van der Waals surface area contributed by atoms with Crippen LogP contribution in [0.15, 0.2) is 0 Å². The van der Waals surface area contributed by atoms with Crippen LogP contribution >= 0.6 is 0 Å². The zero-order valence-corrected chi connectivity index (χ0v) is 13.4. The maximum Gasteiger partial charge on any atom is 0.243 e. The number of hydrogen-bond donors (Lipinski definition) is 1. The lowest BCUT2D eigenvalue weighted by atomic mass is 9.78. The summed E-state index contributed by atoms with van der Waals surface area (Å²) in [5.41, 5.74) is -0.872. The van der Waals surface area contributed by atoms with E-state index < -0.39 is 5.41 Å². The van der Waals surface area contributed by atoms with E-state index in [1.54, 1.807) is 11.9 Å². The van der Waals surface area contributed by atoms with Crippen molar-refractivity contribution >= 4 is 11.8 Å². The van der Waals surface area contributed by atoms with Crippen molar-refractivity contribution in [3.05, 3.63) is 0 Å². The molecule has 5 nitrogen and oxygen atoms in total. The largest absolute Gasteiger partial charge is 0.359 e. The normalized spacial score (nSPS) is 16.4. The van der Waals surface area contributed by atoms with Crippen molar-refractivity contribution in [3.63, 3.8) is 0 Å². The molecule has 0 aromatic heterocycles. The second-order valence-electron chi connectivity index (χ2n) is 5.87. The molecule has 1 aliphatic rings. The molecule has 0 saturated carbocycles. The van der Waals surface area contributed by atoms with E-state index in [1.807, 2.05) is 13.8 Å². The highest BCUT2D eigenvalue weighted by Crippen LogP contribution is 2.33. The first-order valence-corrected chi connectivity index (χ1v) is 7.96. The number of nitrogens with one attached hydrogen (secondary N) is 1. The summed E-state index contributed by atoms with van der Waals surface area (Å²) in [6.45, 7) is 5.17. The zero-order valence-electron chi connectivity index (χ0n) is 13.4. The first kappa shape index (κ1) is 17.5. The Labute approximate surface area is 127 Å². The topological polar surface area (TPSA) is 73.2 Å². The second-order valence-corrected chi connectivity index (χ2v) is 5.87. The van der Waals surface area contributed by atoms with Crippen LogP contribution in [0.3, 0.4) is 0 Å². The van der Waals surface area contributed by atoms with Crippen molar-refractivity contribution in [3.8, 4) is 6.07 Å². The number of piperidine rings is 1. The summed E-state index contributed by atoms with van der Waals surface area (Å²) in [5, 5.41) is 12.2. The Morgan fingerprint density at radius 2 is 1.76 bits per heavy atom. The number of nitriles is 1. The van der Waals surface area contributed by atoms with Gasteiger partial charge in [-0.1, -0.05) is 26.7 Å². The molecule has 0 bridgehead atoms. The fourth-order valence-corrected chi connectivity index (χ4v) is 3.20. The fourth-order valence-electron chi connectivity index (χ4n) is 3.20. The molecule has 118 valence electrons. The van der Waals surface area contributed by atoms with Crippen molar-refractivity contribution in [1.82, 2.24) is 10.2 Å². The van der Waals surface area contributed by atoms with Crippen LogP contribution in [0, 0.1) is 22.7 Å². The molecular weight excluding hydrogens is 266 g/mol. The number of nitrogens with zero attached hydrogens (tertiary/aromatic N) is 2. The minimum Gasteiger partial charge on any atom is -0.359 e. The standard InChI is InChI=1S/C16H27N3O2/c1-4-8-16(12-17,9-5-2)15(21)19-10-6-13(7-11-19)14(20)18-3/h13H,4-11H2,1-3H3,(H,18,20). The van der Waals surface area contributed by atoms with Crippen molar-refractivity contribution in [2.75, 3.05) is 20.1 Å². The number of hydrogen-bond acceptors (Lipinski definition) is 3. The molecule has 0 aliphatic carbocycles. The highest BCUT2D eigenvalue weighted by molar-refractivity contribution is 5.86. The van der Waals surface area contributed by atoms with Gasteiger partial charge in [-0.2, -0.15) is 5.26 Å². The lowest BCUT2D eigenvalue weighted by Crippen LogP contribution is -2.48. The maximum absolute atomic E-state index is 12.8. The van der Waals surface area contributed by atoms with E-state index in [9.17, 15) is 14.9 Å². The number of carbonyl (C=O) groups excluding carboxylic acids is 2.